The average molecular weight is 258 g/mol. The van der Waals surface area contributed by atoms with E-state index >= 15 is 0 Å². The Hall–Kier alpha value is -1.59. The molecule has 0 spiro atoms. The van der Waals surface area contributed by atoms with Gasteiger partial charge in [0.2, 0.25) is 0 Å². The number of halogens is 1. The van der Waals surface area contributed by atoms with Crippen LogP contribution in [0.3, 0.4) is 0 Å². The first-order valence-electron chi connectivity index (χ1n) is 4.84. The van der Waals surface area contributed by atoms with E-state index in [4.69, 9.17) is 21.4 Å². The summed E-state index contributed by atoms with van der Waals surface area (Å²) in [6, 6.07) is 4.69. The van der Waals surface area contributed by atoms with Gasteiger partial charge in [-0.1, -0.05) is 11.6 Å². The lowest BCUT2D eigenvalue weighted by Crippen LogP contribution is -2.28. The molecule has 2 N–H and O–H groups in total. The minimum Gasteiger partial charge on any atom is -0.496 e. The second-order valence-electron chi connectivity index (χ2n) is 3.27. The number of carbonyl (C=O) groups is 2. The number of carbonyl (C=O) groups excluding carboxylic acids is 1. The molecule has 0 saturated heterocycles. The number of ketones is 1. The first-order valence-corrected chi connectivity index (χ1v) is 5.21. The molecular formula is C11H12ClNO4. The minimum atomic E-state index is -1.02. The Morgan fingerprint density at radius 2 is 2.12 bits per heavy atom. The van der Waals surface area contributed by atoms with Gasteiger partial charge >= 0.3 is 5.97 Å². The van der Waals surface area contributed by atoms with Crippen LogP contribution >= 0.6 is 11.6 Å². The van der Waals surface area contributed by atoms with Crippen LogP contribution in [0.5, 0.6) is 5.75 Å². The number of benzene rings is 1. The van der Waals surface area contributed by atoms with Gasteiger partial charge in [-0.2, -0.15) is 0 Å². The van der Waals surface area contributed by atoms with Gasteiger partial charge in [-0.15, -0.1) is 0 Å². The largest absolute Gasteiger partial charge is 0.496 e. The molecule has 0 unspecified atom stereocenters. The van der Waals surface area contributed by atoms with Crippen molar-refractivity contribution in [3.05, 3.63) is 28.8 Å². The molecule has 0 atom stereocenters. The molecule has 0 fully saturated rings. The maximum absolute atomic E-state index is 11.8. The first kappa shape index (κ1) is 13.5. The monoisotopic (exact) mass is 257 g/mol. The number of rotatable bonds is 6. The molecule has 0 aliphatic carbocycles. The van der Waals surface area contributed by atoms with Crippen molar-refractivity contribution in [2.45, 2.75) is 0 Å². The van der Waals surface area contributed by atoms with Gasteiger partial charge in [0.15, 0.2) is 5.78 Å². The second-order valence-corrected chi connectivity index (χ2v) is 3.70. The molecule has 92 valence electrons. The standard InChI is InChI=1S/C11H12ClNO4/c1-17-10-3-2-7(12)4-8(10)9(14)5-13-6-11(15)16/h2-4,13H,5-6H2,1H3,(H,15,16). The van der Waals surface area contributed by atoms with Crippen molar-refractivity contribution < 1.29 is 19.4 Å². The number of carboxylic acids is 1. The van der Waals surface area contributed by atoms with Crippen LogP contribution in [0.1, 0.15) is 10.4 Å². The number of aliphatic carboxylic acids is 1. The van der Waals surface area contributed by atoms with E-state index in [-0.39, 0.29) is 18.9 Å². The van der Waals surface area contributed by atoms with E-state index in [0.29, 0.717) is 16.3 Å². The number of methoxy groups -OCH3 is 1. The Morgan fingerprint density at radius 3 is 2.71 bits per heavy atom. The Morgan fingerprint density at radius 1 is 1.41 bits per heavy atom. The lowest BCUT2D eigenvalue weighted by Gasteiger charge is -2.08. The summed E-state index contributed by atoms with van der Waals surface area (Å²) in [6.45, 7) is -0.350. The van der Waals surface area contributed by atoms with Crippen LogP contribution in [0.25, 0.3) is 0 Å². The summed E-state index contributed by atoms with van der Waals surface area (Å²) < 4.78 is 5.03. The summed E-state index contributed by atoms with van der Waals surface area (Å²) in [7, 11) is 1.45. The van der Waals surface area contributed by atoms with E-state index in [1.165, 1.54) is 13.2 Å². The molecule has 5 nitrogen and oxygen atoms in total. The zero-order chi connectivity index (χ0) is 12.8. The molecule has 0 radical (unpaired) electrons. The fourth-order valence-electron chi connectivity index (χ4n) is 1.28. The van der Waals surface area contributed by atoms with Crippen molar-refractivity contribution in [1.29, 1.82) is 0 Å². The molecule has 1 aromatic rings. The first-order chi connectivity index (χ1) is 8.04. The third-order valence-electron chi connectivity index (χ3n) is 2.02. The van der Waals surface area contributed by atoms with Crippen LogP contribution < -0.4 is 10.1 Å². The number of carboxylic acid groups (broad SMARTS) is 1. The van der Waals surface area contributed by atoms with Gasteiger partial charge in [0.25, 0.3) is 0 Å². The van der Waals surface area contributed by atoms with Crippen molar-refractivity contribution in [2.24, 2.45) is 0 Å². The molecule has 0 saturated carbocycles. The van der Waals surface area contributed by atoms with Crippen LogP contribution in [-0.2, 0) is 4.79 Å². The van der Waals surface area contributed by atoms with Gasteiger partial charge in [-0.05, 0) is 18.2 Å². The summed E-state index contributed by atoms with van der Waals surface area (Å²) in [5.41, 5.74) is 0.331. The van der Waals surface area contributed by atoms with Crippen LogP contribution in [-0.4, -0.2) is 37.1 Å². The average Bonchev–Trinajstić information content (AvgIpc) is 2.28. The highest BCUT2D eigenvalue weighted by Gasteiger charge is 2.12. The quantitative estimate of drug-likeness (QED) is 0.749. The highest BCUT2D eigenvalue weighted by atomic mass is 35.5. The third kappa shape index (κ3) is 4.05. The van der Waals surface area contributed by atoms with Crippen LogP contribution in [0.4, 0.5) is 0 Å². The fraction of sp³-hybridized carbons (Fsp3) is 0.273. The molecule has 0 aliphatic heterocycles. The Kier molecular flexibility index (Phi) is 4.93. The predicted molar refractivity (Wildman–Crippen MR) is 62.8 cm³/mol. The van der Waals surface area contributed by atoms with E-state index in [1.54, 1.807) is 12.1 Å². The summed E-state index contributed by atoms with van der Waals surface area (Å²) in [6.07, 6.45) is 0. The van der Waals surface area contributed by atoms with E-state index < -0.39 is 5.97 Å². The van der Waals surface area contributed by atoms with Crippen LogP contribution in [0, 0.1) is 0 Å². The van der Waals surface area contributed by atoms with Gasteiger partial charge in [-0.3, -0.25) is 14.9 Å². The van der Waals surface area contributed by atoms with E-state index in [2.05, 4.69) is 5.32 Å². The molecule has 0 aromatic heterocycles. The molecule has 0 amide bonds. The number of Topliss-reactive ketones (excluding diaryl/α,β-unsaturated/α-hetero) is 1. The maximum Gasteiger partial charge on any atom is 0.317 e. The zero-order valence-corrected chi connectivity index (χ0v) is 9.95. The lowest BCUT2D eigenvalue weighted by molar-refractivity contribution is -0.135. The maximum atomic E-state index is 11.8. The summed E-state index contributed by atoms with van der Waals surface area (Å²) in [4.78, 5) is 22.0. The zero-order valence-electron chi connectivity index (χ0n) is 9.20. The Labute approximate surface area is 103 Å². The molecule has 17 heavy (non-hydrogen) atoms. The third-order valence-corrected chi connectivity index (χ3v) is 2.26. The fourth-order valence-corrected chi connectivity index (χ4v) is 1.45. The SMILES string of the molecule is COc1ccc(Cl)cc1C(=O)CNCC(=O)O. The number of hydrogen-bond acceptors (Lipinski definition) is 4. The van der Waals surface area contributed by atoms with Gasteiger partial charge < -0.3 is 9.84 Å². The van der Waals surface area contributed by atoms with Crippen molar-refractivity contribution in [3.8, 4) is 5.75 Å². The molecule has 1 aromatic carbocycles. The van der Waals surface area contributed by atoms with Gasteiger partial charge in [0.1, 0.15) is 5.75 Å². The molecule has 0 aliphatic rings. The molecule has 0 heterocycles. The Bertz CT molecular complexity index is 433. The summed E-state index contributed by atoms with van der Waals surface area (Å²) >= 11 is 5.78. The van der Waals surface area contributed by atoms with Gasteiger partial charge in [0, 0.05) is 5.02 Å². The molecule has 1 rings (SSSR count). The molecule has 6 heteroatoms. The van der Waals surface area contributed by atoms with Crippen molar-refractivity contribution in [3.63, 3.8) is 0 Å². The lowest BCUT2D eigenvalue weighted by atomic mass is 10.1. The van der Waals surface area contributed by atoms with Gasteiger partial charge in [-0.25, -0.2) is 0 Å². The number of hydrogen-bond donors (Lipinski definition) is 2. The molecule has 0 bridgehead atoms. The Balaban J connectivity index is 2.73. The van der Waals surface area contributed by atoms with E-state index in [1.807, 2.05) is 0 Å². The van der Waals surface area contributed by atoms with E-state index in [0.717, 1.165) is 0 Å². The van der Waals surface area contributed by atoms with Gasteiger partial charge in [0.05, 0.1) is 25.8 Å². The number of nitrogens with one attached hydrogen (secondary N) is 1. The topological polar surface area (TPSA) is 75.6 Å². The summed E-state index contributed by atoms with van der Waals surface area (Å²) in [5, 5.41) is 11.4. The van der Waals surface area contributed by atoms with Crippen LogP contribution in [0.2, 0.25) is 5.02 Å². The minimum absolute atomic E-state index is 0.0804. The van der Waals surface area contributed by atoms with Crippen molar-refractivity contribution in [2.75, 3.05) is 20.2 Å². The molecular weight excluding hydrogens is 246 g/mol. The van der Waals surface area contributed by atoms with Crippen molar-refractivity contribution in [1.82, 2.24) is 5.32 Å². The highest BCUT2D eigenvalue weighted by molar-refractivity contribution is 6.31. The smallest absolute Gasteiger partial charge is 0.317 e. The van der Waals surface area contributed by atoms with Crippen molar-refractivity contribution >= 4 is 23.4 Å². The normalized spacial score (nSPS) is 10.0. The summed E-state index contributed by atoms with van der Waals surface area (Å²) in [5.74, 6) is -0.877. The highest BCUT2D eigenvalue weighted by Crippen LogP contribution is 2.22. The van der Waals surface area contributed by atoms with Crippen LogP contribution in [0.15, 0.2) is 18.2 Å². The predicted octanol–water partition coefficient (Wildman–Crippen LogP) is 1.21. The second kappa shape index (κ2) is 6.22. The van der Waals surface area contributed by atoms with E-state index in [9.17, 15) is 9.59 Å². The number of ether oxygens (including phenoxy) is 1.